The van der Waals surface area contributed by atoms with E-state index < -0.39 is 11.9 Å². The summed E-state index contributed by atoms with van der Waals surface area (Å²) in [6.45, 7) is 9.44. The number of carbonyl (C=O) groups excluding carboxylic acids is 3. The van der Waals surface area contributed by atoms with Gasteiger partial charge in [0.25, 0.3) is 11.8 Å². The van der Waals surface area contributed by atoms with Gasteiger partial charge in [0.1, 0.15) is 0 Å². The zero-order valence-electron chi connectivity index (χ0n) is 30.9. The number of halogens is 2. The van der Waals surface area contributed by atoms with E-state index in [4.69, 9.17) is 16.3 Å². The molecule has 1 atom stereocenters. The lowest BCUT2D eigenvalue weighted by molar-refractivity contribution is -0.137. The van der Waals surface area contributed by atoms with E-state index in [1.807, 2.05) is 44.4 Å². The summed E-state index contributed by atoms with van der Waals surface area (Å²) >= 11 is 6.56. The summed E-state index contributed by atoms with van der Waals surface area (Å²) in [7, 11) is 7.24. The molecule has 1 saturated heterocycles. The highest BCUT2D eigenvalue weighted by Crippen LogP contribution is 2.30. The molecular formula is C37H47ClFN9O4. The molecule has 1 aliphatic heterocycles. The third-order valence-electron chi connectivity index (χ3n) is 9.56. The molecule has 1 unspecified atom stereocenters. The second kappa shape index (κ2) is 16.8. The highest BCUT2D eigenvalue weighted by molar-refractivity contribution is 6.34. The van der Waals surface area contributed by atoms with Gasteiger partial charge < -0.3 is 29.3 Å². The average Bonchev–Trinajstić information content (AvgIpc) is 3.64. The number of piperazine rings is 1. The van der Waals surface area contributed by atoms with E-state index in [2.05, 4.69) is 25.3 Å². The van der Waals surface area contributed by atoms with Crippen molar-refractivity contribution in [2.24, 2.45) is 13.0 Å². The predicted octanol–water partition coefficient (Wildman–Crippen LogP) is 4.92. The normalized spacial score (nSPS) is 13.9. The number of amides is 3. The van der Waals surface area contributed by atoms with Crippen LogP contribution >= 0.6 is 11.6 Å². The number of benzene rings is 1. The number of methoxy groups -OCH3 is 1. The van der Waals surface area contributed by atoms with Gasteiger partial charge in [0.2, 0.25) is 11.9 Å². The fourth-order valence-electron chi connectivity index (χ4n) is 6.53. The maximum absolute atomic E-state index is 15.5. The quantitative estimate of drug-likeness (QED) is 0.192. The summed E-state index contributed by atoms with van der Waals surface area (Å²) in [6, 6.07) is 8.02. The first-order chi connectivity index (χ1) is 24.8. The molecule has 15 heteroatoms. The number of hydrogen-bond donors (Lipinski definition) is 1. The molecule has 3 aromatic heterocycles. The van der Waals surface area contributed by atoms with Crippen molar-refractivity contribution in [1.29, 1.82) is 0 Å². The molecule has 0 aliphatic carbocycles. The van der Waals surface area contributed by atoms with Gasteiger partial charge in [-0.05, 0) is 77.7 Å². The molecule has 0 spiro atoms. The third-order valence-corrected chi connectivity index (χ3v) is 9.88. The molecule has 5 rings (SSSR count). The largest absolute Gasteiger partial charge is 0.383 e. The maximum atomic E-state index is 15.5. The van der Waals surface area contributed by atoms with Crippen molar-refractivity contribution in [3.05, 3.63) is 70.3 Å². The second-order valence-corrected chi connectivity index (χ2v) is 13.7. The molecule has 4 aromatic rings. The smallest absolute Gasteiger partial charge is 0.291 e. The molecule has 4 heterocycles. The number of nitrogens with zero attached hydrogens (tertiary/aromatic N) is 8. The summed E-state index contributed by atoms with van der Waals surface area (Å²) in [6.07, 6.45) is 3.00. The van der Waals surface area contributed by atoms with Gasteiger partial charge >= 0.3 is 0 Å². The average molecular weight is 736 g/mol. The molecule has 13 nitrogen and oxygen atoms in total. The first-order valence-electron chi connectivity index (χ1n) is 17.4. The zero-order valence-corrected chi connectivity index (χ0v) is 31.6. The van der Waals surface area contributed by atoms with Gasteiger partial charge in [0.05, 0.1) is 52.6 Å². The Bertz CT molecular complexity index is 1930. The lowest BCUT2D eigenvalue weighted by Crippen LogP contribution is -2.52. The zero-order chi connectivity index (χ0) is 37.7. The summed E-state index contributed by atoms with van der Waals surface area (Å²) in [4.78, 5) is 53.9. The van der Waals surface area contributed by atoms with Crippen LogP contribution in [0.2, 0.25) is 5.02 Å². The Hall–Kier alpha value is -4.66. The third kappa shape index (κ3) is 8.35. The van der Waals surface area contributed by atoms with Crippen LogP contribution in [-0.2, 0) is 23.1 Å². The van der Waals surface area contributed by atoms with E-state index in [1.165, 1.54) is 16.8 Å². The van der Waals surface area contributed by atoms with Crippen molar-refractivity contribution in [2.45, 2.75) is 40.2 Å². The Morgan fingerprint density at radius 3 is 2.42 bits per heavy atom. The first-order valence-corrected chi connectivity index (χ1v) is 17.8. The van der Waals surface area contributed by atoms with Crippen molar-refractivity contribution >= 4 is 35.0 Å². The van der Waals surface area contributed by atoms with Gasteiger partial charge in [0, 0.05) is 63.2 Å². The van der Waals surface area contributed by atoms with Crippen LogP contribution in [0, 0.1) is 25.7 Å². The van der Waals surface area contributed by atoms with E-state index in [0.29, 0.717) is 62.0 Å². The van der Waals surface area contributed by atoms with Gasteiger partial charge in [-0.15, -0.1) is 0 Å². The molecule has 1 fully saturated rings. The van der Waals surface area contributed by atoms with Crippen LogP contribution in [-0.4, -0.2) is 117 Å². The molecule has 0 saturated carbocycles. The van der Waals surface area contributed by atoms with E-state index in [0.717, 1.165) is 36.3 Å². The number of hydrogen-bond acceptors (Lipinski definition) is 8. The van der Waals surface area contributed by atoms with Gasteiger partial charge in [-0.2, -0.15) is 9.49 Å². The number of imidazole rings is 1. The van der Waals surface area contributed by atoms with E-state index >= 15 is 4.39 Å². The minimum atomic E-state index is -0.707. The molecule has 0 bridgehead atoms. The van der Waals surface area contributed by atoms with E-state index in [9.17, 15) is 14.4 Å². The van der Waals surface area contributed by atoms with Crippen LogP contribution in [0.25, 0.3) is 22.5 Å². The first kappa shape index (κ1) is 38.6. The maximum Gasteiger partial charge on any atom is 0.291 e. The van der Waals surface area contributed by atoms with Crippen LogP contribution < -0.4 is 5.32 Å². The molecule has 3 amide bonds. The highest BCUT2D eigenvalue weighted by atomic mass is 35.5. The number of rotatable bonds is 13. The van der Waals surface area contributed by atoms with Crippen molar-refractivity contribution in [3.63, 3.8) is 0 Å². The Morgan fingerprint density at radius 1 is 1.08 bits per heavy atom. The number of ether oxygens (including phenoxy) is 1. The van der Waals surface area contributed by atoms with Gasteiger partial charge in [0.15, 0.2) is 5.82 Å². The molecule has 1 aliphatic rings. The van der Waals surface area contributed by atoms with Crippen molar-refractivity contribution in [2.75, 3.05) is 65.9 Å². The summed E-state index contributed by atoms with van der Waals surface area (Å²) in [5.41, 5.74) is 4.01. The summed E-state index contributed by atoms with van der Waals surface area (Å²) in [5, 5.41) is 7.49. The second-order valence-electron chi connectivity index (χ2n) is 13.3. The Morgan fingerprint density at radius 2 is 1.79 bits per heavy atom. The Kier molecular flexibility index (Phi) is 12.4. The van der Waals surface area contributed by atoms with Gasteiger partial charge in [-0.25, -0.2) is 9.97 Å². The number of aromatic nitrogens is 5. The SMILES string of the molecule is CCC(CCN(C)C)C(=O)N1CCN(C(=O)c2ccc(NC(=O)c3ncc(-c4ccc(-c5c(C)nn(CCOC)c5C)nc4F)n3C)cc2Cl)CC1. The molecular weight excluding hydrogens is 689 g/mol. The Labute approximate surface area is 308 Å². The highest BCUT2D eigenvalue weighted by Gasteiger charge is 2.29. The van der Waals surface area contributed by atoms with Crippen LogP contribution in [0.4, 0.5) is 10.1 Å². The number of nitrogens with one attached hydrogen (secondary N) is 1. The van der Waals surface area contributed by atoms with Gasteiger partial charge in [-0.3, -0.25) is 19.1 Å². The lowest BCUT2D eigenvalue weighted by Gasteiger charge is -2.36. The van der Waals surface area contributed by atoms with Gasteiger partial charge in [-0.1, -0.05) is 18.5 Å². The number of aryl methyl sites for hydroxylation is 1. The number of carbonyl (C=O) groups is 3. The fourth-order valence-corrected chi connectivity index (χ4v) is 6.79. The minimum absolute atomic E-state index is 0.0354. The fraction of sp³-hybridized carbons (Fsp3) is 0.459. The van der Waals surface area contributed by atoms with Crippen molar-refractivity contribution in [1.82, 2.24) is 39.0 Å². The standard InChI is InChI=1S/C37H47ClFN9O4/c1-8-25(13-14-44(4)5)36(50)46-15-17-47(18-16-46)37(51)27-10-9-26(21-29(27)38)41-35(49)34-40-22-31(45(34)6)28-11-12-30(42-33(28)39)32-23(2)43-48(24(32)3)19-20-52-7/h9-12,21-22,25H,8,13-20H2,1-7H3,(H,41,49). The Balaban J connectivity index is 1.22. The topological polar surface area (TPSA) is 131 Å². The minimum Gasteiger partial charge on any atom is -0.383 e. The van der Waals surface area contributed by atoms with E-state index in [1.54, 1.807) is 43.3 Å². The molecule has 278 valence electrons. The number of anilines is 1. The van der Waals surface area contributed by atoms with E-state index in [-0.39, 0.29) is 34.1 Å². The van der Waals surface area contributed by atoms with Crippen molar-refractivity contribution in [3.8, 4) is 22.5 Å². The predicted molar refractivity (Wildman–Crippen MR) is 198 cm³/mol. The summed E-state index contributed by atoms with van der Waals surface area (Å²) in [5.74, 6) is -1.35. The van der Waals surface area contributed by atoms with Crippen molar-refractivity contribution < 1.29 is 23.5 Å². The van der Waals surface area contributed by atoms with Crippen LogP contribution in [0.15, 0.2) is 36.5 Å². The lowest BCUT2D eigenvalue weighted by atomic mass is 10.00. The van der Waals surface area contributed by atoms with Crippen LogP contribution in [0.1, 0.15) is 52.1 Å². The molecule has 1 aromatic carbocycles. The van der Waals surface area contributed by atoms with Crippen LogP contribution in [0.3, 0.4) is 0 Å². The van der Waals surface area contributed by atoms with Crippen LogP contribution in [0.5, 0.6) is 0 Å². The molecule has 52 heavy (non-hydrogen) atoms. The monoisotopic (exact) mass is 735 g/mol. The number of pyridine rings is 1. The molecule has 1 N–H and O–H groups in total. The summed E-state index contributed by atoms with van der Waals surface area (Å²) < 4.78 is 24.0. The molecule has 0 radical (unpaired) electrons.